The van der Waals surface area contributed by atoms with E-state index in [9.17, 15) is 0 Å². The van der Waals surface area contributed by atoms with Crippen LogP contribution in [0.15, 0.2) is 91.0 Å². The molecule has 0 aromatic heterocycles. The molecular weight excluding hydrogens is 328 g/mol. The van der Waals surface area contributed by atoms with Crippen LogP contribution in [-0.2, 0) is 5.41 Å². The summed E-state index contributed by atoms with van der Waals surface area (Å²) in [5.41, 5.74) is 9.93. The average molecular weight is 354 g/mol. The van der Waals surface area contributed by atoms with E-state index in [1.54, 1.807) is 0 Å². The van der Waals surface area contributed by atoms with Crippen LogP contribution >= 0.6 is 0 Å². The zero-order valence-electron chi connectivity index (χ0n) is 16.2. The van der Waals surface area contributed by atoms with Crippen molar-refractivity contribution in [2.24, 2.45) is 0 Å². The van der Waals surface area contributed by atoms with Gasteiger partial charge in [0.25, 0.3) is 0 Å². The van der Waals surface area contributed by atoms with E-state index in [-0.39, 0.29) is 11.5 Å². The molecule has 27 heavy (non-hydrogen) atoms. The summed E-state index contributed by atoms with van der Waals surface area (Å²) in [6, 6.07) is 30.2. The second-order valence-corrected chi connectivity index (χ2v) is 8.08. The Kier molecular flexibility index (Phi) is 4.49. The van der Waals surface area contributed by atoms with Crippen molar-refractivity contribution >= 4 is 11.4 Å². The van der Waals surface area contributed by atoms with Gasteiger partial charge in [-0.3, -0.25) is 10.4 Å². The predicted octanol–water partition coefficient (Wildman–Crippen LogP) is 6.09. The van der Waals surface area contributed by atoms with Crippen molar-refractivity contribution in [2.45, 2.75) is 32.2 Å². The number of hydrogen-bond acceptors (Lipinski definition) is 2. The molecule has 0 saturated heterocycles. The Hall–Kier alpha value is -3.00. The van der Waals surface area contributed by atoms with Crippen molar-refractivity contribution in [3.8, 4) is 0 Å². The van der Waals surface area contributed by atoms with Crippen molar-refractivity contribution in [2.75, 3.05) is 5.01 Å². The monoisotopic (exact) mass is 354 g/mol. The third-order valence-electron chi connectivity index (χ3n) is 5.08. The van der Waals surface area contributed by atoms with Crippen LogP contribution in [-0.4, -0.2) is 0 Å². The van der Waals surface area contributed by atoms with Crippen molar-refractivity contribution < 1.29 is 0 Å². The van der Waals surface area contributed by atoms with Crippen LogP contribution in [0.2, 0.25) is 0 Å². The van der Waals surface area contributed by atoms with Crippen LogP contribution in [0, 0.1) is 0 Å². The van der Waals surface area contributed by atoms with Crippen LogP contribution in [0.4, 0.5) is 5.69 Å². The topological polar surface area (TPSA) is 15.3 Å². The summed E-state index contributed by atoms with van der Waals surface area (Å²) >= 11 is 0. The fourth-order valence-corrected chi connectivity index (χ4v) is 3.49. The van der Waals surface area contributed by atoms with E-state index in [0.29, 0.717) is 0 Å². The molecule has 0 bridgehead atoms. The number of rotatable bonds is 3. The molecule has 0 aliphatic carbocycles. The Bertz CT molecular complexity index is 920. The Labute approximate surface area is 162 Å². The van der Waals surface area contributed by atoms with Gasteiger partial charge in [0.05, 0.1) is 17.4 Å². The minimum Gasteiger partial charge on any atom is -0.297 e. The van der Waals surface area contributed by atoms with Gasteiger partial charge in [0.15, 0.2) is 0 Å². The quantitative estimate of drug-likeness (QED) is 0.612. The van der Waals surface area contributed by atoms with Gasteiger partial charge in [-0.1, -0.05) is 93.6 Å². The van der Waals surface area contributed by atoms with Gasteiger partial charge in [0, 0.05) is 0 Å². The Morgan fingerprint density at radius 2 is 1.33 bits per heavy atom. The molecule has 0 spiro atoms. The van der Waals surface area contributed by atoms with Gasteiger partial charge in [0.1, 0.15) is 0 Å². The highest BCUT2D eigenvalue weighted by atomic mass is 15.5. The summed E-state index contributed by atoms with van der Waals surface area (Å²) in [6.07, 6.45) is 2.31. The summed E-state index contributed by atoms with van der Waals surface area (Å²) in [7, 11) is 0. The van der Waals surface area contributed by atoms with Crippen molar-refractivity contribution in [3.05, 3.63) is 108 Å². The number of hydrazine groups is 1. The van der Waals surface area contributed by atoms with E-state index >= 15 is 0 Å². The van der Waals surface area contributed by atoms with Gasteiger partial charge in [-0.05, 0) is 40.3 Å². The summed E-state index contributed by atoms with van der Waals surface area (Å²) in [6.45, 7) is 6.74. The third-order valence-corrected chi connectivity index (χ3v) is 5.08. The van der Waals surface area contributed by atoms with Crippen LogP contribution in [0.25, 0.3) is 5.70 Å². The largest absolute Gasteiger partial charge is 0.297 e. The van der Waals surface area contributed by atoms with Gasteiger partial charge < -0.3 is 0 Å². The molecule has 0 saturated carbocycles. The first kappa shape index (κ1) is 17.4. The number of hydrogen-bond donors (Lipinski definition) is 1. The first-order valence-corrected chi connectivity index (χ1v) is 9.51. The van der Waals surface area contributed by atoms with Crippen LogP contribution < -0.4 is 10.4 Å². The normalized spacial score (nSPS) is 16.8. The van der Waals surface area contributed by atoms with Gasteiger partial charge >= 0.3 is 0 Å². The summed E-state index contributed by atoms with van der Waals surface area (Å²) in [4.78, 5) is 0. The van der Waals surface area contributed by atoms with Gasteiger partial charge in [0.2, 0.25) is 0 Å². The number of para-hydroxylation sites is 1. The molecule has 2 heteroatoms. The molecule has 3 aromatic carbocycles. The lowest BCUT2D eigenvalue weighted by atomic mass is 9.86. The minimum atomic E-state index is 0.158. The van der Waals surface area contributed by atoms with Crippen LogP contribution in [0.3, 0.4) is 0 Å². The van der Waals surface area contributed by atoms with E-state index in [4.69, 9.17) is 0 Å². The molecule has 1 aliphatic heterocycles. The molecular formula is C25H26N2. The molecule has 136 valence electrons. The third kappa shape index (κ3) is 3.61. The van der Waals surface area contributed by atoms with E-state index in [2.05, 4.69) is 122 Å². The Balaban J connectivity index is 1.70. The lowest BCUT2D eigenvalue weighted by Gasteiger charge is -2.27. The fourth-order valence-electron chi connectivity index (χ4n) is 3.49. The highest BCUT2D eigenvalue weighted by Gasteiger charge is 2.27. The van der Waals surface area contributed by atoms with E-state index < -0.39 is 0 Å². The second kappa shape index (κ2) is 6.96. The molecule has 0 fully saturated rings. The fraction of sp³-hybridized carbons (Fsp3) is 0.200. The molecule has 1 heterocycles. The van der Waals surface area contributed by atoms with Gasteiger partial charge in [-0.2, -0.15) is 0 Å². The van der Waals surface area contributed by atoms with Crippen molar-refractivity contribution in [1.82, 2.24) is 5.43 Å². The zero-order valence-corrected chi connectivity index (χ0v) is 16.2. The summed E-state index contributed by atoms with van der Waals surface area (Å²) in [5, 5.41) is 2.24. The Morgan fingerprint density at radius 1 is 0.741 bits per heavy atom. The molecule has 1 atom stereocenters. The highest BCUT2D eigenvalue weighted by Crippen LogP contribution is 2.35. The maximum absolute atomic E-state index is 3.62. The SMILES string of the molecule is CC(C)(C)c1ccc(C2=CC(c3ccccc3)N(c3ccccc3)N2)cc1. The molecule has 4 rings (SSSR count). The first-order chi connectivity index (χ1) is 13.0. The maximum Gasteiger partial charge on any atom is 0.0958 e. The number of nitrogens with one attached hydrogen (secondary N) is 1. The molecule has 1 aliphatic rings. The van der Waals surface area contributed by atoms with Gasteiger partial charge in [-0.15, -0.1) is 0 Å². The molecule has 2 nitrogen and oxygen atoms in total. The van der Waals surface area contributed by atoms with Crippen LogP contribution in [0.5, 0.6) is 0 Å². The van der Waals surface area contributed by atoms with E-state index in [0.717, 1.165) is 11.4 Å². The lowest BCUT2D eigenvalue weighted by molar-refractivity contribution is 0.590. The molecule has 0 radical (unpaired) electrons. The lowest BCUT2D eigenvalue weighted by Crippen LogP contribution is -2.33. The maximum atomic E-state index is 3.62. The van der Waals surface area contributed by atoms with E-state index in [1.165, 1.54) is 16.7 Å². The number of nitrogens with zero attached hydrogens (tertiary/aromatic N) is 1. The predicted molar refractivity (Wildman–Crippen MR) is 114 cm³/mol. The standard InChI is InChI=1S/C25H26N2/c1-25(2,3)21-16-14-19(15-17-21)23-18-24(20-10-6-4-7-11-20)27(26-23)22-12-8-5-9-13-22/h4-18,24,26H,1-3H3. The zero-order chi connectivity index (χ0) is 18.9. The number of benzene rings is 3. The minimum absolute atomic E-state index is 0.158. The van der Waals surface area contributed by atoms with Gasteiger partial charge in [-0.25, -0.2) is 0 Å². The highest BCUT2D eigenvalue weighted by molar-refractivity contribution is 5.72. The van der Waals surface area contributed by atoms with E-state index in [1.807, 2.05) is 0 Å². The average Bonchev–Trinajstić information content (AvgIpc) is 3.14. The van der Waals surface area contributed by atoms with Crippen molar-refractivity contribution in [3.63, 3.8) is 0 Å². The molecule has 1 unspecified atom stereocenters. The first-order valence-electron chi connectivity index (χ1n) is 9.51. The van der Waals surface area contributed by atoms with Crippen molar-refractivity contribution in [1.29, 1.82) is 0 Å². The summed E-state index contributed by atoms with van der Waals surface area (Å²) < 4.78 is 0. The molecule has 3 aromatic rings. The molecule has 1 N–H and O–H groups in total. The summed E-state index contributed by atoms with van der Waals surface area (Å²) in [5.74, 6) is 0. The second-order valence-electron chi connectivity index (χ2n) is 8.08. The molecule has 0 amide bonds. The van der Waals surface area contributed by atoms with Crippen LogP contribution in [0.1, 0.15) is 43.5 Å². The smallest absolute Gasteiger partial charge is 0.0958 e. The number of anilines is 1. The Morgan fingerprint density at radius 3 is 1.93 bits per heavy atom.